The highest BCUT2D eigenvalue weighted by molar-refractivity contribution is 5.97. The van der Waals surface area contributed by atoms with Crippen molar-refractivity contribution < 1.29 is 18.0 Å². The van der Waals surface area contributed by atoms with Crippen molar-refractivity contribution in [3.63, 3.8) is 0 Å². The summed E-state index contributed by atoms with van der Waals surface area (Å²) in [5.41, 5.74) is 7.63. The van der Waals surface area contributed by atoms with Crippen molar-refractivity contribution in [3.8, 4) is 41.0 Å². The van der Waals surface area contributed by atoms with E-state index in [1.807, 2.05) is 6.07 Å². The lowest BCUT2D eigenvalue weighted by atomic mass is 9.92. The van der Waals surface area contributed by atoms with E-state index in [0.717, 1.165) is 6.42 Å². The van der Waals surface area contributed by atoms with Crippen LogP contribution in [0.2, 0.25) is 0 Å². The maximum absolute atomic E-state index is 14.5. The summed E-state index contributed by atoms with van der Waals surface area (Å²) in [6.07, 6.45) is 8.96. The van der Waals surface area contributed by atoms with E-state index in [9.17, 15) is 18.8 Å². The van der Waals surface area contributed by atoms with Crippen LogP contribution in [0.1, 0.15) is 47.0 Å². The first-order valence-electron chi connectivity index (χ1n) is 12.8. The molecule has 0 spiro atoms. The van der Waals surface area contributed by atoms with Gasteiger partial charge in [0, 0.05) is 23.2 Å². The molecule has 1 aliphatic heterocycles. The van der Waals surface area contributed by atoms with Gasteiger partial charge in [0.2, 0.25) is 5.89 Å². The number of carbonyl (C=O) groups excluding carboxylic acids is 1. The molecule has 1 amide bonds. The zero-order valence-corrected chi connectivity index (χ0v) is 21.8. The number of aromatic nitrogens is 1. The van der Waals surface area contributed by atoms with Crippen LogP contribution >= 0.6 is 0 Å². The summed E-state index contributed by atoms with van der Waals surface area (Å²) >= 11 is 0. The maximum atomic E-state index is 14.5. The molecule has 0 saturated carbocycles. The number of amides is 1. The Morgan fingerprint density at radius 2 is 1.98 bits per heavy atom. The number of benzene rings is 3. The van der Waals surface area contributed by atoms with Crippen molar-refractivity contribution in [3.05, 3.63) is 101 Å². The van der Waals surface area contributed by atoms with E-state index in [0.29, 0.717) is 53.0 Å². The largest absolute Gasteiger partial charge is 0.439 e. The molecule has 4 aromatic rings. The first-order chi connectivity index (χ1) is 19.2. The minimum absolute atomic E-state index is 0.140. The molecule has 1 saturated heterocycles. The summed E-state index contributed by atoms with van der Waals surface area (Å²) in [7, 11) is 0. The zero-order valence-electron chi connectivity index (χ0n) is 21.8. The Hall–Kier alpha value is -4.79. The van der Waals surface area contributed by atoms with Crippen molar-refractivity contribution in [1.82, 2.24) is 9.88 Å². The number of hydrogen-bond acceptors (Lipinski definition) is 5. The van der Waals surface area contributed by atoms with Crippen LogP contribution in [0.15, 0.2) is 71.3 Å². The molecule has 3 aromatic carbocycles. The third-order valence-electron chi connectivity index (χ3n) is 7.10. The number of oxazole rings is 1. The number of halogens is 2. The van der Waals surface area contributed by atoms with Gasteiger partial charge in [0.05, 0.1) is 23.3 Å². The van der Waals surface area contributed by atoms with E-state index in [-0.39, 0.29) is 29.2 Å². The van der Waals surface area contributed by atoms with E-state index in [4.69, 9.17) is 16.6 Å². The van der Waals surface area contributed by atoms with Gasteiger partial charge in [-0.05, 0) is 73.7 Å². The predicted molar refractivity (Wildman–Crippen MR) is 147 cm³/mol. The van der Waals surface area contributed by atoms with Crippen LogP contribution in [-0.2, 0) is 12.0 Å². The third-order valence-corrected chi connectivity index (χ3v) is 7.10. The second-order valence-electron chi connectivity index (χ2n) is 10.2. The highest BCUT2D eigenvalue weighted by Gasteiger charge is 2.30. The van der Waals surface area contributed by atoms with Gasteiger partial charge in [-0.2, -0.15) is 5.26 Å². The number of rotatable bonds is 6. The van der Waals surface area contributed by atoms with E-state index < -0.39 is 11.4 Å². The normalized spacial score (nSPS) is 16.2. The maximum Gasteiger partial charge on any atom is 0.254 e. The number of nitriles is 1. The second-order valence-corrected chi connectivity index (χ2v) is 10.2. The molecule has 0 bridgehead atoms. The predicted octanol–water partition coefficient (Wildman–Crippen LogP) is 5.81. The number of likely N-dealkylation sites (tertiary alicyclic amines) is 1. The molecule has 200 valence electrons. The quantitative estimate of drug-likeness (QED) is 0.314. The minimum atomic E-state index is -1.01. The summed E-state index contributed by atoms with van der Waals surface area (Å²) in [6, 6.07) is 17.0. The van der Waals surface area contributed by atoms with Crippen molar-refractivity contribution in [2.24, 2.45) is 5.73 Å². The Bertz CT molecular complexity index is 1680. The number of hydrogen-bond donors (Lipinski definition) is 1. The minimum Gasteiger partial charge on any atom is -0.439 e. The highest BCUT2D eigenvalue weighted by atomic mass is 19.1. The molecular weight excluding hydrogens is 510 g/mol. The number of carbonyl (C=O) groups is 1. The van der Waals surface area contributed by atoms with Gasteiger partial charge in [-0.15, -0.1) is 6.42 Å². The summed E-state index contributed by atoms with van der Waals surface area (Å²) in [6.45, 7) is 2.28. The Labute approximate surface area is 231 Å². The fraction of sp³-hybridized carbons (Fsp3) is 0.219. The molecule has 8 heteroatoms. The average molecular weight is 537 g/mol. The fourth-order valence-electron chi connectivity index (χ4n) is 5.09. The highest BCUT2D eigenvalue weighted by Crippen LogP contribution is 2.34. The van der Waals surface area contributed by atoms with Gasteiger partial charge in [-0.3, -0.25) is 4.79 Å². The molecule has 5 rings (SSSR count). The smallest absolute Gasteiger partial charge is 0.254 e. The van der Waals surface area contributed by atoms with Gasteiger partial charge >= 0.3 is 0 Å². The van der Waals surface area contributed by atoms with Crippen LogP contribution in [0.3, 0.4) is 0 Å². The molecule has 40 heavy (non-hydrogen) atoms. The lowest BCUT2D eigenvalue weighted by Gasteiger charge is -2.22. The van der Waals surface area contributed by atoms with Crippen LogP contribution in [0.4, 0.5) is 8.78 Å². The van der Waals surface area contributed by atoms with Crippen LogP contribution < -0.4 is 5.73 Å². The first-order valence-corrected chi connectivity index (χ1v) is 12.8. The van der Waals surface area contributed by atoms with Crippen molar-refractivity contribution >= 4 is 5.91 Å². The molecular formula is C32H26F2N4O2. The number of nitrogens with zero attached hydrogens (tertiary/aromatic N) is 3. The van der Waals surface area contributed by atoms with Crippen LogP contribution in [0.5, 0.6) is 0 Å². The van der Waals surface area contributed by atoms with Crippen molar-refractivity contribution in [2.75, 3.05) is 6.54 Å². The van der Waals surface area contributed by atoms with Gasteiger partial charge in [-0.1, -0.05) is 30.2 Å². The average Bonchev–Trinajstić information content (AvgIpc) is 3.63. The van der Waals surface area contributed by atoms with Gasteiger partial charge < -0.3 is 15.1 Å². The molecule has 2 N–H and O–H groups in total. The van der Waals surface area contributed by atoms with E-state index >= 15 is 0 Å². The summed E-state index contributed by atoms with van der Waals surface area (Å²) in [4.78, 5) is 19.6. The molecule has 0 radical (unpaired) electrons. The van der Waals surface area contributed by atoms with Gasteiger partial charge in [0.1, 0.15) is 23.5 Å². The Morgan fingerprint density at radius 3 is 2.73 bits per heavy atom. The van der Waals surface area contributed by atoms with Crippen LogP contribution in [0, 0.1) is 35.3 Å². The van der Waals surface area contributed by atoms with Gasteiger partial charge in [0.25, 0.3) is 5.91 Å². The SMILES string of the molecule is C#CC1CCCN1C(=O)c1cc(-c2ncc(C(C)(N)Cc3cccc(F)c3)o2)cc(-c2cccc(F)c2C#N)c1. The van der Waals surface area contributed by atoms with Crippen LogP contribution in [-0.4, -0.2) is 28.4 Å². The Morgan fingerprint density at radius 1 is 1.20 bits per heavy atom. The molecule has 2 unspecified atom stereocenters. The molecule has 0 aliphatic carbocycles. The molecule has 1 fully saturated rings. The molecule has 1 aromatic heterocycles. The Balaban J connectivity index is 1.58. The molecule has 1 aliphatic rings. The second kappa shape index (κ2) is 10.8. The standard InChI is InChI=1S/C32H26F2N4O2/c1-3-25-9-6-12-38(25)31(39)23-15-21(26-10-5-11-28(34)27(26)18-35)14-22(16-23)30-37-19-29(40-30)32(2,36)17-20-7-4-8-24(33)13-20/h1,4-5,7-8,10-11,13-16,19,25H,6,9,12,17,36H2,2H3. The molecule has 2 heterocycles. The van der Waals surface area contributed by atoms with E-state index in [1.54, 1.807) is 48.2 Å². The number of terminal acetylenes is 1. The van der Waals surface area contributed by atoms with Crippen molar-refractivity contribution in [1.29, 1.82) is 5.26 Å². The van der Waals surface area contributed by atoms with Gasteiger partial charge in [0.15, 0.2) is 0 Å². The zero-order chi connectivity index (χ0) is 28.4. The Kier molecular flexibility index (Phi) is 7.21. The lowest BCUT2D eigenvalue weighted by molar-refractivity contribution is 0.0766. The summed E-state index contributed by atoms with van der Waals surface area (Å²) in [5.74, 6) is 1.91. The molecule has 6 nitrogen and oxygen atoms in total. The fourth-order valence-corrected chi connectivity index (χ4v) is 5.09. The van der Waals surface area contributed by atoms with E-state index in [1.165, 1.54) is 30.5 Å². The summed E-state index contributed by atoms with van der Waals surface area (Å²) < 4.78 is 34.3. The van der Waals surface area contributed by atoms with E-state index in [2.05, 4.69) is 10.9 Å². The topological polar surface area (TPSA) is 96.2 Å². The van der Waals surface area contributed by atoms with Crippen LogP contribution in [0.25, 0.3) is 22.6 Å². The third kappa shape index (κ3) is 5.22. The molecule has 2 atom stereocenters. The number of nitrogens with two attached hydrogens (primary N) is 1. The first kappa shape index (κ1) is 26.8. The monoisotopic (exact) mass is 536 g/mol. The summed E-state index contributed by atoms with van der Waals surface area (Å²) in [5, 5.41) is 9.64. The van der Waals surface area contributed by atoms with Crippen molar-refractivity contribution in [2.45, 2.75) is 37.8 Å². The van der Waals surface area contributed by atoms with Gasteiger partial charge in [-0.25, -0.2) is 13.8 Å². The lowest BCUT2D eigenvalue weighted by Crippen LogP contribution is -2.35.